The van der Waals surface area contributed by atoms with Crippen LogP contribution < -0.4 is 0 Å². The second kappa shape index (κ2) is 4.83. The van der Waals surface area contributed by atoms with Gasteiger partial charge in [0.25, 0.3) is 0 Å². The zero-order valence-electron chi connectivity index (χ0n) is 11.0. The summed E-state index contributed by atoms with van der Waals surface area (Å²) in [5, 5.41) is 9.70. The first-order valence-electron chi connectivity index (χ1n) is 6.48. The molecule has 104 valence electrons. The van der Waals surface area contributed by atoms with Crippen molar-refractivity contribution in [1.82, 2.24) is 4.98 Å². The van der Waals surface area contributed by atoms with Crippen LogP contribution in [0.4, 0.5) is 4.39 Å². The third-order valence-electron chi connectivity index (χ3n) is 3.67. The zero-order chi connectivity index (χ0) is 14.3. The van der Waals surface area contributed by atoms with Gasteiger partial charge in [0.15, 0.2) is 0 Å². The molecule has 1 aromatic heterocycles. The van der Waals surface area contributed by atoms with Gasteiger partial charge in [-0.3, -0.25) is 4.98 Å². The summed E-state index contributed by atoms with van der Waals surface area (Å²) in [5.41, 5.74) is 2.00. The summed E-state index contributed by atoms with van der Waals surface area (Å²) >= 11 is 0. The van der Waals surface area contributed by atoms with Gasteiger partial charge in [-0.2, -0.15) is 0 Å². The number of aromatic carboxylic acids is 1. The van der Waals surface area contributed by atoms with Crippen molar-refractivity contribution in [2.75, 3.05) is 13.2 Å². The fourth-order valence-corrected chi connectivity index (χ4v) is 2.63. The van der Waals surface area contributed by atoms with Crippen molar-refractivity contribution >= 4 is 16.9 Å². The van der Waals surface area contributed by atoms with E-state index in [9.17, 15) is 14.3 Å². The van der Waals surface area contributed by atoms with E-state index < -0.39 is 11.8 Å². The van der Waals surface area contributed by atoms with Crippen LogP contribution in [0, 0.1) is 12.7 Å². The average Bonchev–Trinajstić information content (AvgIpc) is 2.91. The summed E-state index contributed by atoms with van der Waals surface area (Å²) < 4.78 is 18.8. The molecular weight excluding hydrogens is 261 g/mol. The molecule has 0 radical (unpaired) electrons. The van der Waals surface area contributed by atoms with Gasteiger partial charge < -0.3 is 9.84 Å². The summed E-state index contributed by atoms with van der Waals surface area (Å²) in [4.78, 5) is 16.0. The Labute approximate surface area is 115 Å². The summed E-state index contributed by atoms with van der Waals surface area (Å²) in [6, 6.07) is 4.15. The van der Waals surface area contributed by atoms with E-state index in [-0.39, 0.29) is 11.5 Å². The average molecular weight is 275 g/mol. The van der Waals surface area contributed by atoms with Crippen LogP contribution in [0.15, 0.2) is 18.2 Å². The minimum atomic E-state index is -1.07. The predicted molar refractivity (Wildman–Crippen MR) is 71.6 cm³/mol. The minimum Gasteiger partial charge on any atom is -0.478 e. The molecule has 2 aromatic rings. The highest BCUT2D eigenvalue weighted by Crippen LogP contribution is 2.29. The van der Waals surface area contributed by atoms with E-state index in [4.69, 9.17) is 4.74 Å². The van der Waals surface area contributed by atoms with E-state index in [2.05, 4.69) is 4.98 Å². The summed E-state index contributed by atoms with van der Waals surface area (Å²) in [5.74, 6) is -1.40. The number of rotatable bonds is 2. The number of carboxylic acids is 1. The van der Waals surface area contributed by atoms with Crippen molar-refractivity contribution < 1.29 is 19.0 Å². The van der Waals surface area contributed by atoms with Crippen molar-refractivity contribution in [1.29, 1.82) is 0 Å². The molecule has 1 fully saturated rings. The molecule has 2 heterocycles. The Balaban J connectivity index is 2.27. The second-order valence-corrected chi connectivity index (χ2v) is 5.08. The number of hydrogen-bond donors (Lipinski definition) is 1. The van der Waals surface area contributed by atoms with Crippen LogP contribution in [0.2, 0.25) is 0 Å². The van der Waals surface area contributed by atoms with Crippen LogP contribution in [0.25, 0.3) is 10.9 Å². The first-order chi connectivity index (χ1) is 9.56. The number of pyridine rings is 1. The molecule has 4 nitrogen and oxygen atoms in total. The topological polar surface area (TPSA) is 59.4 Å². The number of carbonyl (C=O) groups is 1. The number of aromatic nitrogens is 1. The SMILES string of the molecule is Cc1cc(F)cc2c(C(=O)O)cc(C3CCOC3)nc12. The largest absolute Gasteiger partial charge is 0.478 e. The number of ether oxygens (including phenoxy) is 1. The lowest BCUT2D eigenvalue weighted by molar-refractivity contribution is 0.0698. The lowest BCUT2D eigenvalue weighted by Gasteiger charge is -2.12. The molecule has 1 atom stereocenters. The third kappa shape index (κ3) is 2.14. The van der Waals surface area contributed by atoms with Crippen LogP contribution in [-0.2, 0) is 4.74 Å². The Morgan fingerprint density at radius 1 is 1.45 bits per heavy atom. The molecular formula is C15H14FNO3. The normalized spacial score (nSPS) is 18.6. The summed E-state index contributed by atoms with van der Waals surface area (Å²) in [7, 11) is 0. The van der Waals surface area contributed by atoms with Gasteiger partial charge in [0, 0.05) is 23.6 Å². The molecule has 0 spiro atoms. The van der Waals surface area contributed by atoms with Crippen LogP contribution >= 0.6 is 0 Å². The molecule has 3 rings (SSSR count). The lowest BCUT2D eigenvalue weighted by Crippen LogP contribution is -2.07. The third-order valence-corrected chi connectivity index (χ3v) is 3.67. The van der Waals surface area contributed by atoms with Gasteiger partial charge in [-0.15, -0.1) is 0 Å². The maximum Gasteiger partial charge on any atom is 0.336 e. The maximum atomic E-state index is 13.5. The molecule has 0 bridgehead atoms. The fourth-order valence-electron chi connectivity index (χ4n) is 2.63. The van der Waals surface area contributed by atoms with Crippen molar-refractivity contribution in [3.05, 3.63) is 40.8 Å². The van der Waals surface area contributed by atoms with Crippen molar-refractivity contribution in [2.24, 2.45) is 0 Å². The highest BCUT2D eigenvalue weighted by Gasteiger charge is 2.22. The molecule has 1 aliphatic rings. The van der Waals surface area contributed by atoms with Crippen LogP contribution in [0.3, 0.4) is 0 Å². The number of halogens is 1. The van der Waals surface area contributed by atoms with Gasteiger partial charge in [-0.05, 0) is 37.1 Å². The standard InChI is InChI=1S/C15H14FNO3/c1-8-4-10(16)5-11-12(15(18)19)6-13(17-14(8)11)9-2-3-20-7-9/h4-6,9H,2-3,7H2,1H3,(H,18,19). The molecule has 1 aromatic carbocycles. The molecule has 1 aliphatic heterocycles. The van der Waals surface area contributed by atoms with E-state index in [1.165, 1.54) is 12.1 Å². The van der Waals surface area contributed by atoms with Gasteiger partial charge in [-0.1, -0.05) is 0 Å². The molecule has 20 heavy (non-hydrogen) atoms. The number of nitrogens with zero attached hydrogens (tertiary/aromatic N) is 1. The molecule has 0 saturated carbocycles. The zero-order valence-corrected chi connectivity index (χ0v) is 11.0. The number of carboxylic acid groups (broad SMARTS) is 1. The Kier molecular flexibility index (Phi) is 3.14. The van der Waals surface area contributed by atoms with Gasteiger partial charge in [-0.25, -0.2) is 9.18 Å². The first kappa shape index (κ1) is 13.0. The van der Waals surface area contributed by atoms with Gasteiger partial charge in [0.1, 0.15) is 5.82 Å². The van der Waals surface area contributed by atoms with Gasteiger partial charge in [0.2, 0.25) is 0 Å². The fraction of sp³-hybridized carbons (Fsp3) is 0.333. The number of hydrogen-bond acceptors (Lipinski definition) is 3. The molecule has 1 unspecified atom stereocenters. The van der Waals surface area contributed by atoms with E-state index in [0.29, 0.717) is 35.4 Å². The monoisotopic (exact) mass is 275 g/mol. The van der Waals surface area contributed by atoms with Crippen LogP contribution in [-0.4, -0.2) is 29.3 Å². The Morgan fingerprint density at radius 3 is 2.90 bits per heavy atom. The smallest absolute Gasteiger partial charge is 0.336 e. The molecule has 5 heteroatoms. The highest BCUT2D eigenvalue weighted by atomic mass is 19.1. The van der Waals surface area contributed by atoms with Crippen molar-refractivity contribution in [2.45, 2.75) is 19.3 Å². The van der Waals surface area contributed by atoms with E-state index in [1.54, 1.807) is 13.0 Å². The Bertz CT molecular complexity index is 693. The predicted octanol–water partition coefficient (Wildman–Crippen LogP) is 2.88. The Hall–Kier alpha value is -2.01. The van der Waals surface area contributed by atoms with Gasteiger partial charge in [0.05, 0.1) is 17.7 Å². The van der Waals surface area contributed by atoms with E-state index >= 15 is 0 Å². The minimum absolute atomic E-state index is 0.0968. The van der Waals surface area contributed by atoms with Crippen molar-refractivity contribution in [3.63, 3.8) is 0 Å². The number of fused-ring (bicyclic) bond motifs is 1. The maximum absolute atomic E-state index is 13.5. The highest BCUT2D eigenvalue weighted by molar-refractivity contribution is 6.03. The first-order valence-corrected chi connectivity index (χ1v) is 6.48. The summed E-state index contributed by atoms with van der Waals surface area (Å²) in [6.07, 6.45) is 0.831. The van der Waals surface area contributed by atoms with E-state index in [0.717, 1.165) is 6.42 Å². The number of benzene rings is 1. The lowest BCUT2D eigenvalue weighted by atomic mass is 9.98. The quantitative estimate of drug-likeness (QED) is 0.915. The number of aryl methyl sites for hydroxylation is 1. The Morgan fingerprint density at radius 2 is 2.25 bits per heavy atom. The van der Waals surface area contributed by atoms with Crippen LogP contribution in [0.5, 0.6) is 0 Å². The van der Waals surface area contributed by atoms with E-state index in [1.807, 2.05) is 0 Å². The summed E-state index contributed by atoms with van der Waals surface area (Å²) in [6.45, 7) is 2.95. The molecule has 1 N–H and O–H groups in total. The van der Waals surface area contributed by atoms with Crippen LogP contribution in [0.1, 0.15) is 34.0 Å². The molecule has 0 aliphatic carbocycles. The van der Waals surface area contributed by atoms with Crippen molar-refractivity contribution in [3.8, 4) is 0 Å². The molecule has 1 saturated heterocycles. The second-order valence-electron chi connectivity index (χ2n) is 5.08. The molecule has 0 amide bonds. The van der Waals surface area contributed by atoms with Gasteiger partial charge >= 0.3 is 5.97 Å².